The fourth-order valence-corrected chi connectivity index (χ4v) is 0.803. The molecule has 50 valence electrons. The van der Waals surface area contributed by atoms with E-state index in [4.69, 9.17) is 7.85 Å². The highest BCUT2D eigenvalue weighted by Gasteiger charge is 2.01. The molecule has 0 nitrogen and oxygen atoms in total. The van der Waals surface area contributed by atoms with Gasteiger partial charge in [0.2, 0.25) is 0 Å². The highest BCUT2D eigenvalue weighted by atomic mass is 19.1. The maximum absolute atomic E-state index is 12.9. The van der Waals surface area contributed by atoms with Crippen molar-refractivity contribution in [3.8, 4) is 0 Å². The van der Waals surface area contributed by atoms with Crippen LogP contribution in [0.2, 0.25) is 0 Å². The Labute approximate surface area is 61.5 Å². The maximum atomic E-state index is 12.9. The molecule has 10 heavy (non-hydrogen) atoms. The first-order valence-corrected chi connectivity index (χ1v) is 3.14. The van der Waals surface area contributed by atoms with Gasteiger partial charge in [-0.25, -0.2) is 4.39 Å². The Morgan fingerprint density at radius 2 is 1.90 bits per heavy atom. The molecule has 0 aliphatic heterocycles. The lowest BCUT2D eigenvalue weighted by Gasteiger charge is -2.02. The predicted octanol–water partition coefficient (Wildman–Crippen LogP) is 1.24. The molecular weight excluding hydrogens is 126 g/mol. The second-order valence-electron chi connectivity index (χ2n) is 2.41. The summed E-state index contributed by atoms with van der Waals surface area (Å²) >= 11 is 0. The van der Waals surface area contributed by atoms with Gasteiger partial charge in [0.1, 0.15) is 13.7 Å². The van der Waals surface area contributed by atoms with Gasteiger partial charge in [-0.05, 0) is 25.0 Å². The Kier molecular flexibility index (Phi) is 1.79. The number of hydrogen-bond donors (Lipinski definition) is 0. The second kappa shape index (κ2) is 2.45. The van der Waals surface area contributed by atoms with Crippen LogP contribution in [0.1, 0.15) is 11.1 Å². The van der Waals surface area contributed by atoms with Crippen molar-refractivity contribution in [2.45, 2.75) is 13.8 Å². The van der Waals surface area contributed by atoms with E-state index < -0.39 is 0 Å². The van der Waals surface area contributed by atoms with Crippen LogP contribution < -0.4 is 5.46 Å². The summed E-state index contributed by atoms with van der Waals surface area (Å²) in [5.74, 6) is -0.292. The molecule has 0 N–H and O–H groups in total. The molecule has 0 aliphatic rings. The fourth-order valence-electron chi connectivity index (χ4n) is 0.803. The van der Waals surface area contributed by atoms with Gasteiger partial charge in [0.05, 0.1) is 0 Å². The van der Waals surface area contributed by atoms with Gasteiger partial charge in [-0.1, -0.05) is 17.6 Å². The maximum Gasteiger partial charge on any atom is 0.119 e. The van der Waals surface area contributed by atoms with Crippen molar-refractivity contribution in [3.05, 3.63) is 29.1 Å². The first-order valence-electron chi connectivity index (χ1n) is 3.14. The molecule has 1 aromatic carbocycles. The third-order valence-corrected chi connectivity index (χ3v) is 1.69. The van der Waals surface area contributed by atoms with Crippen molar-refractivity contribution in [2.24, 2.45) is 0 Å². The zero-order chi connectivity index (χ0) is 7.72. The highest BCUT2D eigenvalue weighted by molar-refractivity contribution is 6.32. The van der Waals surface area contributed by atoms with Gasteiger partial charge in [-0.3, -0.25) is 0 Å². The predicted molar refractivity (Wildman–Crippen MR) is 41.3 cm³/mol. The summed E-state index contributed by atoms with van der Waals surface area (Å²) in [6, 6.07) is 3.39. The average molecular weight is 134 g/mol. The van der Waals surface area contributed by atoms with E-state index in [2.05, 4.69) is 0 Å². The van der Waals surface area contributed by atoms with Gasteiger partial charge in [0, 0.05) is 0 Å². The third-order valence-electron chi connectivity index (χ3n) is 1.69. The van der Waals surface area contributed by atoms with Crippen LogP contribution in [0.4, 0.5) is 4.39 Å². The fraction of sp³-hybridized carbons (Fsp3) is 0.250. The summed E-state index contributed by atoms with van der Waals surface area (Å²) in [7, 11) is 5.31. The normalized spacial score (nSPS) is 9.90. The van der Waals surface area contributed by atoms with Gasteiger partial charge >= 0.3 is 0 Å². The topological polar surface area (TPSA) is 0 Å². The number of hydrogen-bond acceptors (Lipinski definition) is 0. The molecule has 1 aromatic rings. The Morgan fingerprint density at radius 3 is 2.40 bits per heavy atom. The van der Waals surface area contributed by atoms with E-state index in [0.717, 1.165) is 5.56 Å². The molecule has 1 rings (SSSR count). The van der Waals surface area contributed by atoms with Gasteiger partial charge in [-0.2, -0.15) is 0 Å². The van der Waals surface area contributed by atoms with Crippen LogP contribution in [0, 0.1) is 19.7 Å². The molecule has 0 bridgehead atoms. The van der Waals surface area contributed by atoms with Crippen LogP contribution in [-0.4, -0.2) is 7.85 Å². The summed E-state index contributed by atoms with van der Waals surface area (Å²) in [6.07, 6.45) is 0. The Bertz CT molecular complexity index is 229. The lowest BCUT2D eigenvalue weighted by Crippen LogP contribution is -2.10. The van der Waals surface area contributed by atoms with E-state index in [9.17, 15) is 4.39 Å². The molecule has 2 heteroatoms. The SMILES string of the molecule is [B]c1ccc(C)c(C)c1F. The second-order valence-corrected chi connectivity index (χ2v) is 2.41. The molecule has 2 radical (unpaired) electrons. The van der Waals surface area contributed by atoms with E-state index in [1.54, 1.807) is 13.0 Å². The first kappa shape index (κ1) is 7.32. The van der Waals surface area contributed by atoms with E-state index in [1.165, 1.54) is 0 Å². The smallest absolute Gasteiger partial charge is 0.119 e. The largest absolute Gasteiger partial charge is 0.207 e. The lowest BCUT2D eigenvalue weighted by atomic mass is 9.92. The van der Waals surface area contributed by atoms with Gasteiger partial charge in [0.25, 0.3) is 0 Å². The molecule has 0 spiro atoms. The van der Waals surface area contributed by atoms with Crippen LogP contribution in [0.5, 0.6) is 0 Å². The molecule has 0 heterocycles. The summed E-state index contributed by atoms with van der Waals surface area (Å²) < 4.78 is 12.9. The summed E-state index contributed by atoms with van der Waals surface area (Å²) in [4.78, 5) is 0. The molecule has 0 aromatic heterocycles. The number of aryl methyl sites for hydroxylation is 1. The van der Waals surface area contributed by atoms with Crippen molar-refractivity contribution >= 4 is 13.3 Å². The Balaban J connectivity index is 3.34. The molecule has 0 unspecified atom stereocenters. The van der Waals surface area contributed by atoms with Crippen molar-refractivity contribution in [1.82, 2.24) is 0 Å². The minimum Gasteiger partial charge on any atom is -0.207 e. The molecule has 0 saturated heterocycles. The number of halogens is 1. The molecular formula is C8H8BF. The van der Waals surface area contributed by atoms with Crippen LogP contribution in [0.25, 0.3) is 0 Å². The van der Waals surface area contributed by atoms with Crippen molar-refractivity contribution in [1.29, 1.82) is 0 Å². The molecule has 0 atom stereocenters. The summed E-state index contributed by atoms with van der Waals surface area (Å²) in [5.41, 5.74) is 1.80. The van der Waals surface area contributed by atoms with E-state index in [0.29, 0.717) is 5.56 Å². The Morgan fingerprint density at radius 1 is 1.30 bits per heavy atom. The third kappa shape index (κ3) is 1.06. The van der Waals surface area contributed by atoms with E-state index >= 15 is 0 Å². The van der Waals surface area contributed by atoms with Crippen molar-refractivity contribution in [2.75, 3.05) is 0 Å². The molecule has 0 fully saturated rings. The Hall–Kier alpha value is -0.785. The minimum atomic E-state index is -0.292. The van der Waals surface area contributed by atoms with Crippen LogP contribution in [-0.2, 0) is 0 Å². The van der Waals surface area contributed by atoms with Gasteiger partial charge < -0.3 is 0 Å². The monoisotopic (exact) mass is 134 g/mol. The first-order chi connectivity index (χ1) is 4.63. The summed E-state index contributed by atoms with van der Waals surface area (Å²) in [5, 5.41) is 0. The van der Waals surface area contributed by atoms with Crippen LogP contribution in [0.3, 0.4) is 0 Å². The molecule has 0 aliphatic carbocycles. The van der Waals surface area contributed by atoms with Gasteiger partial charge in [-0.15, -0.1) is 0 Å². The molecule has 0 saturated carbocycles. The van der Waals surface area contributed by atoms with Crippen molar-refractivity contribution < 1.29 is 4.39 Å². The van der Waals surface area contributed by atoms with Crippen LogP contribution in [0.15, 0.2) is 12.1 Å². The number of rotatable bonds is 0. The minimum absolute atomic E-state index is 0.225. The van der Waals surface area contributed by atoms with E-state index in [-0.39, 0.29) is 11.3 Å². The lowest BCUT2D eigenvalue weighted by molar-refractivity contribution is 0.625. The van der Waals surface area contributed by atoms with Crippen LogP contribution >= 0.6 is 0 Å². The standard InChI is InChI=1S/C8H8BF/c1-5-3-4-7(9)8(10)6(5)2/h3-4H,1-2H3. The zero-order valence-corrected chi connectivity index (χ0v) is 6.11. The van der Waals surface area contributed by atoms with Gasteiger partial charge in [0.15, 0.2) is 0 Å². The zero-order valence-electron chi connectivity index (χ0n) is 6.11. The highest BCUT2D eigenvalue weighted by Crippen LogP contribution is 2.07. The average Bonchev–Trinajstić information content (AvgIpc) is 1.93. The molecule has 0 amide bonds. The van der Waals surface area contributed by atoms with E-state index in [1.807, 2.05) is 13.0 Å². The quantitative estimate of drug-likeness (QED) is 0.468. The summed E-state index contributed by atoms with van der Waals surface area (Å²) in [6.45, 7) is 3.58. The number of benzene rings is 1. The van der Waals surface area contributed by atoms with Crippen molar-refractivity contribution in [3.63, 3.8) is 0 Å².